The second-order valence-corrected chi connectivity index (χ2v) is 10.6. The largest absolute Gasteiger partial charge is 0.286 e. The molecule has 0 N–H and O–H groups in total. The Morgan fingerprint density at radius 1 is 1.16 bits per heavy atom. The van der Waals surface area contributed by atoms with Gasteiger partial charge in [0.2, 0.25) is 0 Å². The second kappa shape index (κ2) is 4.75. The van der Waals surface area contributed by atoms with Gasteiger partial charge in [-0.05, 0) is 18.1 Å². The fourth-order valence-electron chi connectivity index (χ4n) is 1.48. The van der Waals surface area contributed by atoms with Crippen molar-refractivity contribution in [2.45, 2.75) is 25.2 Å². The highest BCUT2D eigenvalue weighted by atomic mass is 28.3. The Balaban J connectivity index is 2.38. The molecule has 1 heterocycles. The molecule has 0 aliphatic rings. The number of fused-ring (bicyclic) bond motifs is 1. The molecule has 2 rings (SSSR count). The van der Waals surface area contributed by atoms with Crippen molar-refractivity contribution in [2.24, 2.45) is 0 Å². The number of alkyl halides is 2. The first-order chi connectivity index (χ1) is 8.79. The summed E-state index contributed by atoms with van der Waals surface area (Å²) < 4.78 is 27.6. The zero-order valence-electron chi connectivity index (χ0n) is 11.2. The molecule has 0 aliphatic heterocycles. The summed E-state index contributed by atoms with van der Waals surface area (Å²) in [5, 5.41) is 0.908. The molecular weight excluding hydrogens is 260 g/mol. The normalized spacial score (nSPS) is 12.1. The third kappa shape index (κ3) is 2.99. The zero-order chi connectivity index (χ0) is 14.1. The predicted octanol–water partition coefficient (Wildman–Crippen LogP) is 4.10. The lowest BCUT2D eigenvalue weighted by Gasteiger charge is -2.22. The smallest absolute Gasteiger partial charge is 0.255 e. The van der Waals surface area contributed by atoms with Crippen LogP contribution in [0.5, 0.6) is 0 Å². The van der Waals surface area contributed by atoms with E-state index in [1.165, 1.54) is 6.20 Å². The Morgan fingerprint density at radius 2 is 1.84 bits per heavy atom. The van der Waals surface area contributed by atoms with Gasteiger partial charge in [0, 0.05) is 17.1 Å². The van der Waals surface area contributed by atoms with E-state index in [2.05, 4.69) is 16.8 Å². The predicted molar refractivity (Wildman–Crippen MR) is 76.9 cm³/mol. The van der Waals surface area contributed by atoms with E-state index in [4.69, 9.17) is 0 Å². The van der Waals surface area contributed by atoms with Gasteiger partial charge in [0.25, 0.3) is 5.55 Å². The first-order valence-electron chi connectivity index (χ1n) is 6.05. The van der Waals surface area contributed by atoms with Gasteiger partial charge in [0.05, 0.1) is 5.52 Å². The van der Waals surface area contributed by atoms with Crippen molar-refractivity contribution < 1.29 is 8.78 Å². The number of para-hydroxylation sites is 1. The van der Waals surface area contributed by atoms with Crippen molar-refractivity contribution in [1.29, 1.82) is 0 Å². The monoisotopic (exact) mass is 275 g/mol. The first-order valence-corrected chi connectivity index (χ1v) is 9.55. The Bertz CT molecular complexity index is 663. The van der Waals surface area contributed by atoms with Crippen LogP contribution in [0, 0.1) is 11.8 Å². The summed E-state index contributed by atoms with van der Waals surface area (Å²) in [4.78, 5) is 4.21. The number of aromatic nitrogens is 1. The topological polar surface area (TPSA) is 12.9 Å². The fraction of sp³-hybridized carbons (Fsp3) is 0.267. The standard InChI is InChI=1S/C15H15F2NSi/c1-19(2,3)15(16,17)9-8-12-10-13-6-4-5-7-14(13)18-11-12/h4-7,10-11H,1-3H3. The maximum absolute atomic E-state index is 13.8. The quantitative estimate of drug-likeness (QED) is 0.564. The minimum Gasteiger partial charge on any atom is -0.255 e. The Hall–Kier alpha value is -1.73. The maximum atomic E-state index is 13.8. The van der Waals surface area contributed by atoms with E-state index in [0.717, 1.165) is 10.9 Å². The molecule has 0 bridgehead atoms. The summed E-state index contributed by atoms with van der Waals surface area (Å²) in [5.74, 6) is 4.67. The summed E-state index contributed by atoms with van der Waals surface area (Å²) in [7, 11) is -2.62. The molecule has 1 aromatic heterocycles. The molecule has 1 aromatic carbocycles. The minimum absolute atomic E-state index is 0.525. The number of pyridine rings is 1. The lowest BCUT2D eigenvalue weighted by atomic mass is 10.2. The van der Waals surface area contributed by atoms with Gasteiger partial charge in [-0.3, -0.25) is 4.98 Å². The second-order valence-electron chi connectivity index (χ2n) is 5.49. The van der Waals surface area contributed by atoms with Crippen LogP contribution in [-0.2, 0) is 0 Å². The van der Waals surface area contributed by atoms with Crippen LogP contribution in [0.15, 0.2) is 36.5 Å². The summed E-state index contributed by atoms with van der Waals surface area (Å²) in [6.07, 6.45) is 1.54. The molecule has 98 valence electrons. The molecule has 0 aliphatic carbocycles. The van der Waals surface area contributed by atoms with E-state index in [1.54, 1.807) is 25.7 Å². The fourth-order valence-corrected chi connectivity index (χ4v) is 1.92. The number of nitrogens with zero attached hydrogens (tertiary/aromatic N) is 1. The van der Waals surface area contributed by atoms with Crippen molar-refractivity contribution in [2.75, 3.05) is 0 Å². The van der Waals surface area contributed by atoms with Gasteiger partial charge in [-0.25, -0.2) is 0 Å². The molecule has 1 nitrogen and oxygen atoms in total. The van der Waals surface area contributed by atoms with E-state index in [1.807, 2.05) is 24.3 Å². The molecular formula is C15H15F2NSi. The van der Waals surface area contributed by atoms with Gasteiger partial charge < -0.3 is 0 Å². The third-order valence-corrected chi connectivity index (χ3v) is 4.91. The zero-order valence-corrected chi connectivity index (χ0v) is 12.2. The van der Waals surface area contributed by atoms with Crippen LogP contribution in [-0.4, -0.2) is 18.6 Å². The SMILES string of the molecule is C[Si](C)(C)C(F)(F)C#Cc1cnc2ccccc2c1. The summed E-state index contributed by atoms with van der Waals surface area (Å²) in [6, 6.07) is 9.33. The van der Waals surface area contributed by atoms with Crippen molar-refractivity contribution in [3.05, 3.63) is 42.1 Å². The molecule has 0 atom stereocenters. The molecule has 0 amide bonds. The third-order valence-electron chi connectivity index (χ3n) is 2.90. The average molecular weight is 275 g/mol. The van der Waals surface area contributed by atoms with E-state index in [9.17, 15) is 8.78 Å². The van der Waals surface area contributed by atoms with Gasteiger partial charge in [-0.1, -0.05) is 43.8 Å². The number of benzene rings is 1. The molecule has 4 heteroatoms. The van der Waals surface area contributed by atoms with Gasteiger partial charge in [-0.2, -0.15) is 8.78 Å². The minimum atomic E-state index is -2.89. The summed E-state index contributed by atoms with van der Waals surface area (Å²) in [5.41, 5.74) is -1.53. The number of halogens is 2. The number of hydrogen-bond donors (Lipinski definition) is 0. The maximum Gasteiger partial charge on any atom is 0.286 e. The van der Waals surface area contributed by atoms with Gasteiger partial charge in [0.15, 0.2) is 0 Å². The van der Waals surface area contributed by atoms with Crippen molar-refractivity contribution in [1.82, 2.24) is 4.98 Å². The molecule has 0 saturated carbocycles. The lowest BCUT2D eigenvalue weighted by Crippen LogP contribution is -2.43. The Labute approximate surface area is 112 Å². The van der Waals surface area contributed by atoms with Crippen LogP contribution in [0.4, 0.5) is 8.78 Å². The average Bonchev–Trinajstić information content (AvgIpc) is 2.35. The summed E-state index contributed by atoms with van der Waals surface area (Å²) >= 11 is 0. The highest BCUT2D eigenvalue weighted by Crippen LogP contribution is 2.26. The highest BCUT2D eigenvalue weighted by Gasteiger charge is 2.43. The van der Waals surface area contributed by atoms with Crippen LogP contribution in [0.2, 0.25) is 19.6 Å². The van der Waals surface area contributed by atoms with E-state index >= 15 is 0 Å². The van der Waals surface area contributed by atoms with E-state index in [0.29, 0.717) is 5.56 Å². The van der Waals surface area contributed by atoms with Crippen molar-refractivity contribution >= 4 is 19.0 Å². The van der Waals surface area contributed by atoms with Crippen LogP contribution < -0.4 is 0 Å². The van der Waals surface area contributed by atoms with Crippen molar-refractivity contribution in [3.8, 4) is 11.8 Å². The van der Waals surface area contributed by atoms with Crippen LogP contribution in [0.3, 0.4) is 0 Å². The summed E-state index contributed by atoms with van der Waals surface area (Å²) in [6.45, 7) is 4.83. The van der Waals surface area contributed by atoms with E-state index < -0.39 is 13.6 Å². The van der Waals surface area contributed by atoms with Crippen LogP contribution in [0.25, 0.3) is 10.9 Å². The lowest BCUT2D eigenvalue weighted by molar-refractivity contribution is 0.149. The van der Waals surface area contributed by atoms with Crippen molar-refractivity contribution in [3.63, 3.8) is 0 Å². The van der Waals surface area contributed by atoms with E-state index in [-0.39, 0.29) is 0 Å². The Morgan fingerprint density at radius 3 is 2.53 bits per heavy atom. The molecule has 0 spiro atoms. The highest BCUT2D eigenvalue weighted by molar-refractivity contribution is 6.79. The molecule has 0 saturated heterocycles. The number of rotatable bonds is 1. The van der Waals surface area contributed by atoms with Crippen LogP contribution in [0.1, 0.15) is 5.56 Å². The molecule has 19 heavy (non-hydrogen) atoms. The molecule has 2 aromatic rings. The van der Waals surface area contributed by atoms with Gasteiger partial charge >= 0.3 is 0 Å². The number of hydrogen-bond acceptors (Lipinski definition) is 1. The Kier molecular flexibility index (Phi) is 3.42. The molecule has 0 unspecified atom stereocenters. The van der Waals surface area contributed by atoms with Crippen LogP contribution >= 0.6 is 0 Å². The first kappa shape index (κ1) is 13.7. The van der Waals surface area contributed by atoms with Gasteiger partial charge in [0.1, 0.15) is 8.07 Å². The molecule has 0 radical (unpaired) electrons. The van der Waals surface area contributed by atoms with Gasteiger partial charge in [-0.15, -0.1) is 0 Å². The molecule has 0 fully saturated rings.